The topological polar surface area (TPSA) is 82.9 Å². The molecule has 2 unspecified atom stereocenters. The van der Waals surface area contributed by atoms with Crippen molar-refractivity contribution in [2.75, 3.05) is 13.1 Å². The Bertz CT molecular complexity index is 942. The Kier molecular flexibility index (Phi) is 4.92. The molecule has 6 heteroatoms. The molecule has 0 saturated carbocycles. The molecule has 5 N–H and O–H groups in total. The number of piperidine rings is 1. The van der Waals surface area contributed by atoms with Crippen LogP contribution in [0.3, 0.4) is 0 Å². The minimum absolute atomic E-state index is 0.119. The fourth-order valence-corrected chi connectivity index (χ4v) is 3.49. The quantitative estimate of drug-likeness (QED) is 0.573. The van der Waals surface area contributed by atoms with Crippen molar-refractivity contribution < 1.29 is 9.18 Å². The minimum Gasteiger partial charge on any atom is -0.351 e. The number of carbonyl (C=O) groups is 1. The van der Waals surface area contributed by atoms with Crippen LogP contribution in [0.1, 0.15) is 23.3 Å². The number of H-pyrrole nitrogens is 1. The standard InChI is InChI=1S/C21H23FN4O/c22-16-5-3-13(4-6-16)14-1-2-15-10-20(26-19(15)9-14)21(27)25-12-18-8-7-17(23)11-24-18/h1-6,9-10,17-18,24,26H,7-8,11-12,23H2,(H,25,27). The summed E-state index contributed by atoms with van der Waals surface area (Å²) in [5, 5.41) is 7.30. The van der Waals surface area contributed by atoms with Gasteiger partial charge in [0.05, 0.1) is 0 Å². The average molecular weight is 366 g/mol. The normalized spacial score (nSPS) is 19.9. The molecular formula is C21H23FN4O. The van der Waals surface area contributed by atoms with Crippen LogP contribution in [-0.2, 0) is 0 Å². The van der Waals surface area contributed by atoms with Gasteiger partial charge in [0, 0.05) is 36.1 Å². The van der Waals surface area contributed by atoms with Crippen molar-refractivity contribution in [1.82, 2.24) is 15.6 Å². The van der Waals surface area contributed by atoms with Gasteiger partial charge in [-0.05, 0) is 48.2 Å². The number of rotatable bonds is 4. The fraction of sp³-hybridized carbons (Fsp3) is 0.286. The molecule has 4 rings (SSSR count). The van der Waals surface area contributed by atoms with Crippen LogP contribution in [0.15, 0.2) is 48.5 Å². The summed E-state index contributed by atoms with van der Waals surface area (Å²) in [7, 11) is 0. The third-order valence-corrected chi connectivity index (χ3v) is 5.11. The largest absolute Gasteiger partial charge is 0.351 e. The predicted molar refractivity (Wildman–Crippen MR) is 105 cm³/mol. The van der Waals surface area contributed by atoms with Crippen LogP contribution in [0.2, 0.25) is 0 Å². The Morgan fingerprint density at radius 2 is 1.89 bits per heavy atom. The molecule has 1 amide bonds. The highest BCUT2D eigenvalue weighted by Crippen LogP contribution is 2.25. The number of benzene rings is 2. The zero-order valence-electron chi connectivity index (χ0n) is 15.0. The maximum absolute atomic E-state index is 13.1. The van der Waals surface area contributed by atoms with Crippen LogP contribution in [0.25, 0.3) is 22.0 Å². The maximum Gasteiger partial charge on any atom is 0.267 e. The first-order valence-electron chi connectivity index (χ1n) is 9.24. The number of nitrogens with two attached hydrogens (primary N) is 1. The van der Waals surface area contributed by atoms with Crippen molar-refractivity contribution in [3.05, 3.63) is 60.0 Å². The number of aromatic nitrogens is 1. The van der Waals surface area contributed by atoms with E-state index in [2.05, 4.69) is 15.6 Å². The van der Waals surface area contributed by atoms with Crippen LogP contribution < -0.4 is 16.4 Å². The molecule has 1 fully saturated rings. The molecular weight excluding hydrogens is 343 g/mol. The van der Waals surface area contributed by atoms with Crippen molar-refractivity contribution in [2.24, 2.45) is 5.73 Å². The van der Waals surface area contributed by atoms with Gasteiger partial charge < -0.3 is 21.4 Å². The number of amides is 1. The molecule has 0 spiro atoms. The molecule has 1 aliphatic rings. The second-order valence-electron chi connectivity index (χ2n) is 7.14. The fourth-order valence-electron chi connectivity index (χ4n) is 3.49. The van der Waals surface area contributed by atoms with E-state index < -0.39 is 0 Å². The number of nitrogens with one attached hydrogen (secondary N) is 3. The summed E-state index contributed by atoms with van der Waals surface area (Å²) < 4.78 is 13.1. The highest BCUT2D eigenvalue weighted by Gasteiger charge is 2.19. The van der Waals surface area contributed by atoms with E-state index in [0.717, 1.165) is 41.4 Å². The summed E-state index contributed by atoms with van der Waals surface area (Å²) in [5.74, 6) is -0.376. The molecule has 5 nitrogen and oxygen atoms in total. The number of fused-ring (bicyclic) bond motifs is 1. The third-order valence-electron chi connectivity index (χ3n) is 5.11. The highest BCUT2D eigenvalue weighted by atomic mass is 19.1. The summed E-state index contributed by atoms with van der Waals surface area (Å²) in [4.78, 5) is 15.7. The van der Waals surface area contributed by atoms with Crippen molar-refractivity contribution in [3.63, 3.8) is 0 Å². The third kappa shape index (κ3) is 4.02. The summed E-state index contributed by atoms with van der Waals surface area (Å²) in [6.45, 7) is 1.38. The molecule has 2 aromatic carbocycles. The monoisotopic (exact) mass is 366 g/mol. The van der Waals surface area contributed by atoms with Gasteiger partial charge in [0.15, 0.2) is 0 Å². The number of halogens is 1. The molecule has 1 aliphatic heterocycles. The van der Waals surface area contributed by atoms with E-state index in [0.29, 0.717) is 12.2 Å². The molecule has 27 heavy (non-hydrogen) atoms. The second-order valence-corrected chi connectivity index (χ2v) is 7.14. The van der Waals surface area contributed by atoms with Gasteiger partial charge in [0.25, 0.3) is 5.91 Å². The lowest BCUT2D eigenvalue weighted by molar-refractivity contribution is 0.0943. The Labute approximate surface area is 157 Å². The Hall–Kier alpha value is -2.70. The van der Waals surface area contributed by atoms with Crippen LogP contribution in [0.5, 0.6) is 0 Å². The van der Waals surface area contributed by atoms with Gasteiger partial charge in [-0.3, -0.25) is 4.79 Å². The molecule has 2 atom stereocenters. The maximum atomic E-state index is 13.1. The second kappa shape index (κ2) is 7.50. The van der Waals surface area contributed by atoms with E-state index in [-0.39, 0.29) is 23.8 Å². The zero-order valence-corrected chi connectivity index (χ0v) is 15.0. The van der Waals surface area contributed by atoms with E-state index >= 15 is 0 Å². The summed E-state index contributed by atoms with van der Waals surface area (Å²) in [5.41, 5.74) is 9.19. The van der Waals surface area contributed by atoms with Crippen LogP contribution >= 0.6 is 0 Å². The minimum atomic E-state index is -0.256. The smallest absolute Gasteiger partial charge is 0.267 e. The molecule has 0 aliphatic carbocycles. The van der Waals surface area contributed by atoms with Gasteiger partial charge in [-0.15, -0.1) is 0 Å². The molecule has 140 valence electrons. The summed E-state index contributed by atoms with van der Waals surface area (Å²) in [6, 6.07) is 14.6. The van der Waals surface area contributed by atoms with Crippen LogP contribution in [0, 0.1) is 5.82 Å². The average Bonchev–Trinajstić information content (AvgIpc) is 3.11. The molecule has 2 heterocycles. The predicted octanol–water partition coefficient (Wildman–Crippen LogP) is 2.78. The van der Waals surface area contributed by atoms with E-state index in [9.17, 15) is 9.18 Å². The number of hydrogen-bond acceptors (Lipinski definition) is 3. The van der Waals surface area contributed by atoms with Crippen LogP contribution in [0.4, 0.5) is 4.39 Å². The first kappa shape index (κ1) is 17.7. The van der Waals surface area contributed by atoms with Gasteiger partial charge in [-0.2, -0.15) is 0 Å². The number of hydrogen-bond donors (Lipinski definition) is 4. The van der Waals surface area contributed by atoms with E-state index in [1.165, 1.54) is 12.1 Å². The van der Waals surface area contributed by atoms with Gasteiger partial charge in [0.1, 0.15) is 11.5 Å². The van der Waals surface area contributed by atoms with Crippen molar-refractivity contribution in [3.8, 4) is 11.1 Å². The Balaban J connectivity index is 1.46. The van der Waals surface area contributed by atoms with E-state index in [1.54, 1.807) is 12.1 Å². The lowest BCUT2D eigenvalue weighted by atomic mass is 10.0. The van der Waals surface area contributed by atoms with E-state index in [1.807, 2.05) is 24.3 Å². The first-order chi connectivity index (χ1) is 13.1. The lowest BCUT2D eigenvalue weighted by Gasteiger charge is -2.27. The molecule has 1 aromatic heterocycles. The summed E-state index contributed by atoms with van der Waals surface area (Å²) >= 11 is 0. The number of aromatic amines is 1. The number of carbonyl (C=O) groups excluding carboxylic acids is 1. The highest BCUT2D eigenvalue weighted by molar-refractivity contribution is 5.98. The van der Waals surface area contributed by atoms with Gasteiger partial charge in [0.2, 0.25) is 0 Å². The molecule has 0 bridgehead atoms. The van der Waals surface area contributed by atoms with Crippen molar-refractivity contribution in [1.29, 1.82) is 0 Å². The van der Waals surface area contributed by atoms with Crippen molar-refractivity contribution >= 4 is 16.8 Å². The van der Waals surface area contributed by atoms with Crippen LogP contribution in [-0.4, -0.2) is 36.1 Å². The zero-order chi connectivity index (χ0) is 18.8. The van der Waals surface area contributed by atoms with Gasteiger partial charge in [-0.1, -0.05) is 24.3 Å². The van der Waals surface area contributed by atoms with Gasteiger partial charge in [-0.25, -0.2) is 4.39 Å². The Morgan fingerprint density at radius 1 is 1.11 bits per heavy atom. The van der Waals surface area contributed by atoms with Crippen molar-refractivity contribution in [2.45, 2.75) is 24.9 Å². The van der Waals surface area contributed by atoms with Gasteiger partial charge >= 0.3 is 0 Å². The molecule has 3 aromatic rings. The molecule has 0 radical (unpaired) electrons. The summed E-state index contributed by atoms with van der Waals surface area (Å²) in [6.07, 6.45) is 1.95. The lowest BCUT2D eigenvalue weighted by Crippen LogP contribution is -2.50. The van der Waals surface area contributed by atoms with E-state index in [4.69, 9.17) is 5.73 Å². The SMILES string of the molecule is NC1CCC(CNC(=O)c2cc3ccc(-c4ccc(F)cc4)cc3[nH]2)NC1. The first-order valence-corrected chi connectivity index (χ1v) is 9.24. The Morgan fingerprint density at radius 3 is 2.63 bits per heavy atom. The molecule has 1 saturated heterocycles.